The molecule has 0 spiro atoms. The third-order valence-electron chi connectivity index (χ3n) is 2.87. The van der Waals surface area contributed by atoms with Crippen LogP contribution in [0.4, 0.5) is 4.39 Å². The van der Waals surface area contributed by atoms with Gasteiger partial charge in [0.1, 0.15) is 5.82 Å². The highest BCUT2D eigenvalue weighted by atomic mass is 19.1. The number of amides is 1. The summed E-state index contributed by atoms with van der Waals surface area (Å²) in [6.07, 6.45) is 2.24. The highest BCUT2D eigenvalue weighted by Gasteiger charge is 2.13. The predicted molar refractivity (Wildman–Crippen MR) is 76.8 cm³/mol. The topological polar surface area (TPSA) is 40.5 Å². The van der Waals surface area contributed by atoms with Gasteiger partial charge in [-0.1, -0.05) is 25.2 Å². The number of halogens is 1. The largest absolute Gasteiger partial charge is 0.395 e. The molecule has 0 aliphatic carbocycles. The lowest BCUT2D eigenvalue weighted by molar-refractivity contribution is 0.0793. The van der Waals surface area contributed by atoms with Crippen LogP contribution >= 0.6 is 0 Å². The molecule has 0 radical (unpaired) electrons. The van der Waals surface area contributed by atoms with Crippen LogP contribution in [0.3, 0.4) is 0 Å². The van der Waals surface area contributed by atoms with Crippen LogP contribution in [0.25, 0.3) is 0 Å². The van der Waals surface area contributed by atoms with E-state index in [9.17, 15) is 9.18 Å². The number of unbranched alkanes of at least 4 members (excludes halogenated alkanes) is 1. The summed E-state index contributed by atoms with van der Waals surface area (Å²) in [7, 11) is 1.71. The van der Waals surface area contributed by atoms with E-state index in [0.29, 0.717) is 18.5 Å². The van der Waals surface area contributed by atoms with Crippen LogP contribution in [-0.2, 0) is 0 Å². The maximum absolute atomic E-state index is 13.8. The van der Waals surface area contributed by atoms with Gasteiger partial charge >= 0.3 is 0 Å². The van der Waals surface area contributed by atoms with Crippen LogP contribution in [0.15, 0.2) is 18.2 Å². The van der Waals surface area contributed by atoms with E-state index in [4.69, 9.17) is 5.11 Å². The van der Waals surface area contributed by atoms with Crippen molar-refractivity contribution in [3.8, 4) is 11.8 Å². The fourth-order valence-electron chi connectivity index (χ4n) is 1.68. The zero-order chi connectivity index (χ0) is 15.0. The first-order valence-electron chi connectivity index (χ1n) is 6.75. The molecule has 0 unspecified atom stereocenters. The van der Waals surface area contributed by atoms with Gasteiger partial charge in [0.15, 0.2) is 0 Å². The Morgan fingerprint density at radius 2 is 2.20 bits per heavy atom. The van der Waals surface area contributed by atoms with E-state index in [1.54, 1.807) is 18.0 Å². The number of carbonyl (C=O) groups is 1. The molecule has 3 nitrogen and oxygen atoms in total. The smallest absolute Gasteiger partial charge is 0.253 e. The molecule has 1 aromatic carbocycles. The molecule has 1 N–H and O–H groups in total. The average molecular weight is 277 g/mol. The first kappa shape index (κ1) is 16.2. The van der Waals surface area contributed by atoms with Crippen LogP contribution in [0.2, 0.25) is 0 Å². The number of benzene rings is 1. The molecule has 0 aliphatic rings. The minimum absolute atomic E-state index is 0.0482. The summed E-state index contributed by atoms with van der Waals surface area (Å²) in [5, 5.41) is 8.62. The first-order valence-corrected chi connectivity index (χ1v) is 6.75. The summed E-state index contributed by atoms with van der Waals surface area (Å²) in [6, 6.07) is 4.30. The Morgan fingerprint density at radius 3 is 2.80 bits per heavy atom. The van der Waals surface area contributed by atoms with E-state index in [1.807, 2.05) is 0 Å². The van der Waals surface area contributed by atoms with Gasteiger partial charge in [0.2, 0.25) is 0 Å². The quantitative estimate of drug-likeness (QED) is 0.840. The summed E-state index contributed by atoms with van der Waals surface area (Å²) in [5.41, 5.74) is 0.569. The predicted octanol–water partition coefficient (Wildman–Crippen LogP) is 2.43. The number of hydrogen-bond donors (Lipinski definition) is 1. The van der Waals surface area contributed by atoms with E-state index in [-0.39, 0.29) is 18.1 Å². The van der Waals surface area contributed by atoms with Gasteiger partial charge in [-0.15, -0.1) is 0 Å². The summed E-state index contributed by atoms with van der Waals surface area (Å²) in [4.78, 5) is 13.7. The van der Waals surface area contributed by atoms with E-state index in [0.717, 1.165) is 12.8 Å². The van der Waals surface area contributed by atoms with E-state index < -0.39 is 5.82 Å². The molecule has 1 aromatic rings. The summed E-state index contributed by atoms with van der Waals surface area (Å²) >= 11 is 0. The number of hydrogen-bond acceptors (Lipinski definition) is 2. The fourth-order valence-corrected chi connectivity index (χ4v) is 1.68. The molecule has 0 bridgehead atoms. The van der Waals surface area contributed by atoms with Crippen molar-refractivity contribution in [1.29, 1.82) is 0 Å². The molecular weight excluding hydrogens is 257 g/mol. The van der Waals surface area contributed by atoms with Crippen LogP contribution in [0.1, 0.15) is 42.1 Å². The van der Waals surface area contributed by atoms with Gasteiger partial charge < -0.3 is 10.0 Å². The Morgan fingerprint density at radius 1 is 1.45 bits per heavy atom. The van der Waals surface area contributed by atoms with Crippen molar-refractivity contribution >= 4 is 5.91 Å². The third kappa shape index (κ3) is 4.67. The van der Waals surface area contributed by atoms with Gasteiger partial charge in [0.25, 0.3) is 5.91 Å². The number of rotatable bonds is 5. The zero-order valence-corrected chi connectivity index (χ0v) is 11.9. The highest BCUT2D eigenvalue weighted by Crippen LogP contribution is 2.11. The van der Waals surface area contributed by atoms with Crippen molar-refractivity contribution in [1.82, 2.24) is 4.90 Å². The van der Waals surface area contributed by atoms with Crippen molar-refractivity contribution in [3.05, 3.63) is 35.1 Å². The Bertz CT molecular complexity index is 517. The highest BCUT2D eigenvalue weighted by molar-refractivity contribution is 5.94. The molecule has 4 heteroatoms. The minimum Gasteiger partial charge on any atom is -0.395 e. The first-order chi connectivity index (χ1) is 9.60. The number of aliphatic hydroxyl groups excluding tert-OH is 1. The number of aliphatic hydroxyl groups is 1. The Kier molecular flexibility index (Phi) is 6.75. The van der Waals surface area contributed by atoms with E-state index in [1.165, 1.54) is 12.1 Å². The number of carbonyl (C=O) groups excluding carboxylic acids is 1. The zero-order valence-electron chi connectivity index (χ0n) is 11.9. The molecule has 0 saturated carbocycles. The average Bonchev–Trinajstić information content (AvgIpc) is 2.45. The molecule has 0 heterocycles. The molecule has 108 valence electrons. The van der Waals surface area contributed by atoms with Gasteiger partial charge in [0, 0.05) is 25.6 Å². The summed E-state index contributed by atoms with van der Waals surface area (Å²) < 4.78 is 13.8. The maximum atomic E-state index is 13.8. The molecule has 0 aromatic heterocycles. The van der Waals surface area contributed by atoms with Gasteiger partial charge in [-0.05, 0) is 24.6 Å². The monoisotopic (exact) mass is 277 g/mol. The van der Waals surface area contributed by atoms with Crippen molar-refractivity contribution in [2.24, 2.45) is 0 Å². The lowest BCUT2D eigenvalue weighted by Gasteiger charge is -2.16. The molecule has 0 fully saturated rings. The van der Waals surface area contributed by atoms with Crippen molar-refractivity contribution < 1.29 is 14.3 Å². The molecule has 20 heavy (non-hydrogen) atoms. The van der Waals surface area contributed by atoms with E-state index >= 15 is 0 Å². The second-order valence-electron chi connectivity index (χ2n) is 4.55. The molecule has 0 saturated heterocycles. The Balaban J connectivity index is 2.81. The third-order valence-corrected chi connectivity index (χ3v) is 2.87. The Hall–Kier alpha value is -1.86. The number of nitrogens with zero attached hydrogens (tertiary/aromatic N) is 1. The summed E-state index contributed by atoms with van der Waals surface area (Å²) in [6.45, 7) is 2.67. The molecule has 0 aliphatic heterocycles. The van der Waals surface area contributed by atoms with Crippen LogP contribution in [0.5, 0.6) is 0 Å². The lowest BCUT2D eigenvalue weighted by Crippen LogP contribution is -2.27. The molecule has 1 rings (SSSR count). The summed E-state index contributed by atoms with van der Waals surface area (Å²) in [5.74, 6) is 4.59. The minimum atomic E-state index is -0.509. The second kappa shape index (κ2) is 8.34. The fraction of sp³-hybridized carbons (Fsp3) is 0.438. The molecule has 0 atom stereocenters. The van der Waals surface area contributed by atoms with Crippen molar-refractivity contribution in [2.75, 3.05) is 20.2 Å². The second-order valence-corrected chi connectivity index (χ2v) is 4.55. The molecule has 1 amide bonds. The van der Waals surface area contributed by atoms with Crippen LogP contribution in [0, 0.1) is 17.7 Å². The van der Waals surface area contributed by atoms with Gasteiger partial charge in [-0.3, -0.25) is 4.79 Å². The van der Waals surface area contributed by atoms with Gasteiger partial charge in [-0.25, -0.2) is 4.39 Å². The van der Waals surface area contributed by atoms with Crippen LogP contribution in [-0.4, -0.2) is 36.1 Å². The van der Waals surface area contributed by atoms with E-state index in [2.05, 4.69) is 18.8 Å². The molecular formula is C16H20FNO2. The van der Waals surface area contributed by atoms with Gasteiger partial charge in [0.05, 0.1) is 12.2 Å². The Labute approximate surface area is 119 Å². The van der Waals surface area contributed by atoms with Gasteiger partial charge in [-0.2, -0.15) is 0 Å². The SMILES string of the molecule is CCCCN(C)C(=O)c1ccc(C#CCCO)c(F)c1. The normalized spacial score (nSPS) is 9.80. The maximum Gasteiger partial charge on any atom is 0.253 e. The van der Waals surface area contributed by atoms with Crippen molar-refractivity contribution in [2.45, 2.75) is 26.2 Å². The lowest BCUT2D eigenvalue weighted by atomic mass is 10.1. The van der Waals surface area contributed by atoms with Crippen molar-refractivity contribution in [3.63, 3.8) is 0 Å². The van der Waals surface area contributed by atoms with Crippen LogP contribution < -0.4 is 0 Å². The standard InChI is InChI=1S/C16H20FNO2/c1-3-4-10-18(2)16(20)14-9-8-13(15(17)12-14)7-5-6-11-19/h8-9,12,19H,3-4,6,10-11H2,1-2H3.